The lowest BCUT2D eigenvalue weighted by Gasteiger charge is -2.26. The van der Waals surface area contributed by atoms with Crippen molar-refractivity contribution in [2.24, 2.45) is 11.7 Å². The van der Waals surface area contributed by atoms with Gasteiger partial charge >= 0.3 is 0 Å². The average molecular weight is 354 g/mol. The van der Waals surface area contributed by atoms with Gasteiger partial charge in [0.05, 0.1) is 0 Å². The maximum absolute atomic E-state index is 6.52. The van der Waals surface area contributed by atoms with Gasteiger partial charge in [-0.25, -0.2) is 0 Å². The Kier molecular flexibility index (Phi) is 6.98. The van der Waals surface area contributed by atoms with Gasteiger partial charge in [0.25, 0.3) is 0 Å². The number of aryl methyl sites for hydroxylation is 1. The van der Waals surface area contributed by atoms with E-state index in [1.807, 2.05) is 0 Å². The first kappa shape index (κ1) is 19.7. The molecule has 0 saturated heterocycles. The third-order valence-corrected chi connectivity index (χ3v) is 7.02. The molecule has 3 atom stereocenters. The third-order valence-electron chi connectivity index (χ3n) is 7.02. The molecule has 0 amide bonds. The molecule has 1 heteroatoms. The fourth-order valence-electron chi connectivity index (χ4n) is 5.09. The molecule has 0 spiro atoms. The Labute approximate surface area is 161 Å². The van der Waals surface area contributed by atoms with Gasteiger partial charge in [-0.3, -0.25) is 0 Å². The van der Waals surface area contributed by atoms with Crippen molar-refractivity contribution in [3.63, 3.8) is 0 Å². The Morgan fingerprint density at radius 1 is 1.12 bits per heavy atom. The highest BCUT2D eigenvalue weighted by atomic mass is 14.8. The Morgan fingerprint density at radius 3 is 2.77 bits per heavy atom. The van der Waals surface area contributed by atoms with Crippen LogP contribution in [0.3, 0.4) is 0 Å². The molecule has 1 saturated carbocycles. The van der Waals surface area contributed by atoms with Crippen LogP contribution in [-0.2, 0) is 12.8 Å². The van der Waals surface area contributed by atoms with Gasteiger partial charge in [0, 0.05) is 5.54 Å². The molecular weight excluding hydrogens is 314 g/mol. The maximum atomic E-state index is 6.52. The first-order valence-electron chi connectivity index (χ1n) is 11.2. The zero-order chi connectivity index (χ0) is 18.4. The molecule has 3 rings (SSSR count). The molecule has 1 aromatic rings. The molecule has 0 aromatic heterocycles. The van der Waals surface area contributed by atoms with Gasteiger partial charge in [-0.2, -0.15) is 0 Å². The number of nitrogens with two attached hydrogens (primary N) is 1. The van der Waals surface area contributed by atoms with Crippen molar-refractivity contribution in [2.75, 3.05) is 0 Å². The Morgan fingerprint density at radius 2 is 2.00 bits per heavy atom. The summed E-state index contributed by atoms with van der Waals surface area (Å²) >= 11 is 0. The van der Waals surface area contributed by atoms with Crippen molar-refractivity contribution in [1.82, 2.24) is 0 Å². The normalized spacial score (nSPS) is 28.6. The molecule has 1 nitrogen and oxygen atoms in total. The van der Waals surface area contributed by atoms with Gasteiger partial charge in [0.15, 0.2) is 0 Å². The van der Waals surface area contributed by atoms with E-state index in [9.17, 15) is 0 Å². The molecule has 2 N–H and O–H groups in total. The quantitative estimate of drug-likeness (QED) is 0.409. The largest absolute Gasteiger partial charge is 0.325 e. The van der Waals surface area contributed by atoms with Gasteiger partial charge < -0.3 is 5.73 Å². The summed E-state index contributed by atoms with van der Waals surface area (Å²) in [5.41, 5.74) is 11.4. The summed E-state index contributed by atoms with van der Waals surface area (Å²) in [5.74, 6) is 1.60. The molecule has 0 radical (unpaired) electrons. The van der Waals surface area contributed by atoms with Crippen molar-refractivity contribution < 1.29 is 0 Å². The first-order chi connectivity index (χ1) is 12.6. The summed E-state index contributed by atoms with van der Waals surface area (Å²) in [7, 11) is 0. The zero-order valence-corrected chi connectivity index (χ0v) is 17.1. The lowest BCUT2D eigenvalue weighted by atomic mass is 9.79. The van der Waals surface area contributed by atoms with Crippen LogP contribution in [0, 0.1) is 5.92 Å². The summed E-state index contributed by atoms with van der Waals surface area (Å²) < 4.78 is 0. The minimum absolute atomic E-state index is 0.0952. The Balaban J connectivity index is 1.51. The highest BCUT2D eigenvalue weighted by Gasteiger charge is 2.35. The van der Waals surface area contributed by atoms with Crippen LogP contribution in [0.5, 0.6) is 0 Å². The summed E-state index contributed by atoms with van der Waals surface area (Å²) in [4.78, 5) is 0. The summed E-state index contributed by atoms with van der Waals surface area (Å²) in [6, 6.07) is 7.40. The predicted molar refractivity (Wildman–Crippen MR) is 114 cm³/mol. The van der Waals surface area contributed by atoms with Crippen molar-refractivity contribution in [2.45, 2.75) is 102 Å². The van der Waals surface area contributed by atoms with Gasteiger partial charge in [-0.1, -0.05) is 57.0 Å². The van der Waals surface area contributed by atoms with Crippen LogP contribution in [0.1, 0.15) is 101 Å². The van der Waals surface area contributed by atoms with Crippen LogP contribution in [0.25, 0.3) is 0 Å². The second-order valence-corrected chi connectivity index (χ2v) is 8.96. The molecule has 26 heavy (non-hydrogen) atoms. The molecule has 2 aliphatic carbocycles. The summed E-state index contributed by atoms with van der Waals surface area (Å²) in [5, 5.41) is 0. The van der Waals surface area contributed by atoms with Crippen molar-refractivity contribution in [3.8, 4) is 0 Å². The monoisotopic (exact) mass is 353 g/mol. The minimum Gasteiger partial charge on any atom is -0.325 e. The first-order valence-corrected chi connectivity index (χ1v) is 11.2. The molecule has 0 unspecified atom stereocenters. The number of benzene rings is 1. The number of unbranched alkanes of at least 4 members (excludes halogenated alkanes) is 2. The predicted octanol–water partition coefficient (Wildman–Crippen LogP) is 6.69. The topological polar surface area (TPSA) is 26.0 Å². The van der Waals surface area contributed by atoms with E-state index in [-0.39, 0.29) is 5.54 Å². The van der Waals surface area contributed by atoms with E-state index in [0.29, 0.717) is 5.92 Å². The smallest absolute Gasteiger partial charge is 0.0157 e. The van der Waals surface area contributed by atoms with E-state index in [4.69, 9.17) is 5.73 Å². The number of rotatable bonds is 8. The van der Waals surface area contributed by atoms with E-state index >= 15 is 0 Å². The third kappa shape index (κ3) is 5.00. The zero-order valence-electron chi connectivity index (χ0n) is 17.1. The Bertz CT molecular complexity index is 602. The number of hydrogen-bond acceptors (Lipinski definition) is 1. The van der Waals surface area contributed by atoms with Gasteiger partial charge in [0.1, 0.15) is 0 Å². The van der Waals surface area contributed by atoms with Crippen LogP contribution in [-0.4, -0.2) is 5.54 Å². The van der Waals surface area contributed by atoms with Crippen LogP contribution < -0.4 is 5.73 Å². The average Bonchev–Trinajstić information content (AvgIpc) is 3.07. The molecule has 1 fully saturated rings. The summed E-state index contributed by atoms with van der Waals surface area (Å²) in [6.45, 7) is 4.46. The van der Waals surface area contributed by atoms with Crippen molar-refractivity contribution in [1.29, 1.82) is 0 Å². The minimum atomic E-state index is 0.0952. The van der Waals surface area contributed by atoms with Crippen LogP contribution in [0.2, 0.25) is 0 Å². The summed E-state index contributed by atoms with van der Waals surface area (Å²) in [6.07, 6.45) is 20.0. The standard InChI is InChI=1S/C25H39N/c1-3-5-6-7-8-9-10-20-11-12-22-18-23(14-13-21(22)17-20)24-15-16-25(26,4-2)19-24/h5-6,13-14,18,20,24H,3-4,7-12,15-17,19,26H2,1-2H3/b6-5-/t20-,24+,25-/m1/s1. The van der Waals surface area contributed by atoms with E-state index in [1.54, 1.807) is 16.7 Å². The van der Waals surface area contributed by atoms with Crippen molar-refractivity contribution in [3.05, 3.63) is 47.0 Å². The second kappa shape index (κ2) is 9.22. The van der Waals surface area contributed by atoms with Gasteiger partial charge in [-0.05, 0) is 92.7 Å². The highest BCUT2D eigenvalue weighted by Crippen LogP contribution is 2.42. The van der Waals surface area contributed by atoms with Crippen LogP contribution >= 0.6 is 0 Å². The van der Waals surface area contributed by atoms with E-state index in [1.165, 1.54) is 70.6 Å². The maximum Gasteiger partial charge on any atom is 0.0157 e. The number of allylic oxidation sites excluding steroid dienone is 2. The lowest BCUT2D eigenvalue weighted by Crippen LogP contribution is -2.35. The molecule has 144 valence electrons. The molecule has 0 aliphatic heterocycles. The van der Waals surface area contributed by atoms with E-state index in [2.05, 4.69) is 44.2 Å². The second-order valence-electron chi connectivity index (χ2n) is 8.96. The van der Waals surface area contributed by atoms with Crippen LogP contribution in [0.4, 0.5) is 0 Å². The molecule has 1 aromatic carbocycles. The van der Waals surface area contributed by atoms with Gasteiger partial charge in [-0.15, -0.1) is 0 Å². The molecular formula is C25H39N. The lowest BCUT2D eigenvalue weighted by molar-refractivity contribution is 0.409. The number of fused-ring (bicyclic) bond motifs is 1. The Hall–Kier alpha value is -1.08. The molecule has 0 bridgehead atoms. The van der Waals surface area contributed by atoms with Gasteiger partial charge in [0.2, 0.25) is 0 Å². The highest BCUT2D eigenvalue weighted by molar-refractivity contribution is 5.36. The van der Waals surface area contributed by atoms with E-state index in [0.717, 1.165) is 12.3 Å². The molecule has 0 heterocycles. The SMILES string of the molecule is CC/C=C\CCCC[C@@H]1CCc2cc([C@H]3CC[C@](N)(CC)C3)ccc2C1. The fraction of sp³-hybridized carbons (Fsp3) is 0.680. The number of hydrogen-bond donors (Lipinski definition) is 1. The molecule has 2 aliphatic rings. The van der Waals surface area contributed by atoms with E-state index < -0.39 is 0 Å². The van der Waals surface area contributed by atoms with Crippen LogP contribution in [0.15, 0.2) is 30.4 Å². The van der Waals surface area contributed by atoms with Crippen molar-refractivity contribution >= 4 is 0 Å². The fourth-order valence-corrected chi connectivity index (χ4v) is 5.09.